The fraction of sp³-hybridized carbons (Fsp3) is 0.133. The Morgan fingerprint density at radius 1 is 0.944 bits per heavy atom. The fourth-order valence-electron chi connectivity index (χ4n) is 1.91. The zero-order valence-corrected chi connectivity index (χ0v) is 10.3. The largest absolute Gasteiger partial charge is 0.508 e. The zero-order chi connectivity index (χ0) is 13.3. The van der Waals surface area contributed by atoms with Gasteiger partial charge in [0.05, 0.1) is 5.56 Å². The van der Waals surface area contributed by atoms with Gasteiger partial charge in [0.2, 0.25) is 0 Å². The highest BCUT2D eigenvalue weighted by Gasteiger charge is 2.17. The summed E-state index contributed by atoms with van der Waals surface area (Å²) in [6, 6.07) is 9.87. The van der Waals surface area contributed by atoms with Crippen LogP contribution in [0.5, 0.6) is 11.5 Å². The molecule has 0 amide bonds. The third kappa shape index (κ3) is 2.07. The second-order valence-corrected chi connectivity index (χ2v) is 4.30. The molecular formula is C15H14O3. The first-order valence-electron chi connectivity index (χ1n) is 5.63. The molecule has 0 aliphatic carbocycles. The van der Waals surface area contributed by atoms with E-state index in [1.54, 1.807) is 19.1 Å². The molecular weight excluding hydrogens is 228 g/mol. The molecule has 0 atom stereocenters. The van der Waals surface area contributed by atoms with Gasteiger partial charge in [-0.2, -0.15) is 0 Å². The summed E-state index contributed by atoms with van der Waals surface area (Å²) in [6.07, 6.45) is 0. The Balaban J connectivity index is 2.57. The molecule has 0 aromatic heterocycles. The molecule has 0 heterocycles. The minimum Gasteiger partial charge on any atom is -0.508 e. The minimum atomic E-state index is -0.287. The summed E-state index contributed by atoms with van der Waals surface area (Å²) in [7, 11) is 0. The van der Waals surface area contributed by atoms with Crippen molar-refractivity contribution < 1.29 is 15.0 Å². The van der Waals surface area contributed by atoms with Gasteiger partial charge in [-0.1, -0.05) is 24.3 Å². The average molecular weight is 242 g/mol. The highest BCUT2D eigenvalue weighted by Crippen LogP contribution is 2.29. The van der Waals surface area contributed by atoms with Gasteiger partial charge in [-0.05, 0) is 37.1 Å². The van der Waals surface area contributed by atoms with Crippen LogP contribution < -0.4 is 0 Å². The summed E-state index contributed by atoms with van der Waals surface area (Å²) in [5.41, 5.74) is 1.97. The van der Waals surface area contributed by atoms with E-state index in [2.05, 4.69) is 0 Å². The molecule has 0 radical (unpaired) electrons. The lowest BCUT2D eigenvalue weighted by Gasteiger charge is -2.09. The Bertz CT molecular complexity index is 615. The lowest BCUT2D eigenvalue weighted by atomic mass is 9.97. The zero-order valence-electron chi connectivity index (χ0n) is 10.3. The first-order chi connectivity index (χ1) is 8.50. The molecule has 3 nitrogen and oxygen atoms in total. The van der Waals surface area contributed by atoms with E-state index < -0.39 is 0 Å². The topological polar surface area (TPSA) is 57.5 Å². The SMILES string of the molecule is Cc1ccccc1C(=O)c1cc(O)cc(C)c1O. The molecule has 2 rings (SSSR count). The van der Waals surface area contributed by atoms with Crippen molar-refractivity contribution in [2.45, 2.75) is 13.8 Å². The Kier molecular flexibility index (Phi) is 3.06. The molecule has 3 heteroatoms. The van der Waals surface area contributed by atoms with Crippen molar-refractivity contribution in [3.63, 3.8) is 0 Å². The van der Waals surface area contributed by atoms with Gasteiger partial charge in [-0.15, -0.1) is 0 Å². The first kappa shape index (κ1) is 12.2. The minimum absolute atomic E-state index is 0.0257. The standard InChI is InChI=1S/C15H14O3/c1-9-5-3-4-6-12(9)15(18)13-8-11(16)7-10(2)14(13)17/h3-8,16-17H,1-2H3. The van der Waals surface area contributed by atoms with Gasteiger partial charge >= 0.3 is 0 Å². The highest BCUT2D eigenvalue weighted by atomic mass is 16.3. The smallest absolute Gasteiger partial charge is 0.197 e. The third-order valence-corrected chi connectivity index (χ3v) is 2.92. The maximum absolute atomic E-state index is 12.3. The maximum atomic E-state index is 12.3. The molecule has 92 valence electrons. The summed E-state index contributed by atoms with van der Waals surface area (Å²) in [5.74, 6) is -0.395. The Morgan fingerprint density at radius 2 is 1.61 bits per heavy atom. The number of aryl methyl sites for hydroxylation is 2. The molecule has 2 aromatic carbocycles. The van der Waals surface area contributed by atoms with E-state index in [0.717, 1.165) is 5.56 Å². The highest BCUT2D eigenvalue weighted by molar-refractivity contribution is 6.11. The second kappa shape index (κ2) is 4.53. The summed E-state index contributed by atoms with van der Waals surface area (Å²) in [5, 5.41) is 19.4. The number of carbonyl (C=O) groups excluding carboxylic acids is 1. The third-order valence-electron chi connectivity index (χ3n) is 2.92. The van der Waals surface area contributed by atoms with E-state index in [9.17, 15) is 15.0 Å². The van der Waals surface area contributed by atoms with Crippen LogP contribution in [-0.2, 0) is 0 Å². The number of carbonyl (C=O) groups is 1. The van der Waals surface area contributed by atoms with Crippen molar-refractivity contribution >= 4 is 5.78 Å². The van der Waals surface area contributed by atoms with Gasteiger partial charge in [0.15, 0.2) is 5.78 Å². The number of phenols is 2. The van der Waals surface area contributed by atoms with Crippen molar-refractivity contribution in [3.8, 4) is 11.5 Å². The molecule has 0 aliphatic rings. The predicted octanol–water partition coefficient (Wildman–Crippen LogP) is 2.95. The van der Waals surface area contributed by atoms with Gasteiger partial charge in [-0.3, -0.25) is 4.79 Å². The first-order valence-corrected chi connectivity index (χ1v) is 5.63. The van der Waals surface area contributed by atoms with Crippen LogP contribution in [0.15, 0.2) is 36.4 Å². The van der Waals surface area contributed by atoms with Gasteiger partial charge in [0.25, 0.3) is 0 Å². The summed E-state index contributed by atoms with van der Waals surface area (Å²) < 4.78 is 0. The second-order valence-electron chi connectivity index (χ2n) is 4.30. The van der Waals surface area contributed by atoms with Crippen molar-refractivity contribution in [1.82, 2.24) is 0 Å². The predicted molar refractivity (Wildman–Crippen MR) is 69.1 cm³/mol. The van der Waals surface area contributed by atoms with Crippen LogP contribution in [0.25, 0.3) is 0 Å². The van der Waals surface area contributed by atoms with E-state index in [1.807, 2.05) is 19.1 Å². The molecule has 0 saturated heterocycles. The van der Waals surface area contributed by atoms with Crippen molar-refractivity contribution in [2.24, 2.45) is 0 Å². The normalized spacial score (nSPS) is 10.3. The summed E-state index contributed by atoms with van der Waals surface area (Å²) in [6.45, 7) is 3.48. The number of hydrogen-bond acceptors (Lipinski definition) is 3. The lowest BCUT2D eigenvalue weighted by Crippen LogP contribution is -2.04. The Morgan fingerprint density at radius 3 is 2.28 bits per heavy atom. The van der Waals surface area contributed by atoms with E-state index >= 15 is 0 Å². The number of phenolic OH excluding ortho intramolecular Hbond substituents is 2. The molecule has 0 saturated carbocycles. The van der Waals surface area contributed by atoms with Crippen LogP contribution in [-0.4, -0.2) is 16.0 Å². The fourth-order valence-corrected chi connectivity index (χ4v) is 1.91. The van der Waals surface area contributed by atoms with Crippen molar-refractivity contribution in [3.05, 3.63) is 58.7 Å². The molecule has 0 bridgehead atoms. The van der Waals surface area contributed by atoms with E-state index in [-0.39, 0.29) is 22.8 Å². The number of aromatic hydroxyl groups is 2. The number of ketones is 1. The average Bonchev–Trinajstić information content (AvgIpc) is 2.33. The monoisotopic (exact) mass is 242 g/mol. The number of hydrogen-bond donors (Lipinski definition) is 2. The molecule has 2 N–H and O–H groups in total. The van der Waals surface area contributed by atoms with E-state index in [0.29, 0.717) is 11.1 Å². The molecule has 2 aromatic rings. The molecule has 0 aliphatic heterocycles. The van der Waals surface area contributed by atoms with Crippen LogP contribution in [0, 0.1) is 13.8 Å². The van der Waals surface area contributed by atoms with Crippen molar-refractivity contribution in [1.29, 1.82) is 0 Å². The summed E-state index contributed by atoms with van der Waals surface area (Å²) >= 11 is 0. The number of rotatable bonds is 2. The molecule has 0 spiro atoms. The quantitative estimate of drug-likeness (QED) is 0.628. The van der Waals surface area contributed by atoms with Gasteiger partial charge < -0.3 is 10.2 Å². The van der Waals surface area contributed by atoms with E-state index in [1.165, 1.54) is 12.1 Å². The van der Waals surface area contributed by atoms with Crippen LogP contribution in [0.2, 0.25) is 0 Å². The molecule has 0 fully saturated rings. The number of benzene rings is 2. The van der Waals surface area contributed by atoms with Crippen LogP contribution in [0.4, 0.5) is 0 Å². The molecule has 18 heavy (non-hydrogen) atoms. The van der Waals surface area contributed by atoms with Gasteiger partial charge in [-0.25, -0.2) is 0 Å². The van der Waals surface area contributed by atoms with Crippen molar-refractivity contribution in [2.75, 3.05) is 0 Å². The van der Waals surface area contributed by atoms with Gasteiger partial charge in [0, 0.05) is 5.56 Å². The van der Waals surface area contributed by atoms with Crippen LogP contribution >= 0.6 is 0 Å². The van der Waals surface area contributed by atoms with Crippen LogP contribution in [0.1, 0.15) is 27.0 Å². The Hall–Kier alpha value is -2.29. The van der Waals surface area contributed by atoms with Gasteiger partial charge in [0.1, 0.15) is 11.5 Å². The maximum Gasteiger partial charge on any atom is 0.197 e. The van der Waals surface area contributed by atoms with Crippen LogP contribution in [0.3, 0.4) is 0 Å². The van der Waals surface area contributed by atoms with E-state index in [4.69, 9.17) is 0 Å². The lowest BCUT2D eigenvalue weighted by molar-refractivity contribution is 0.103. The Labute approximate surface area is 105 Å². The molecule has 0 unspecified atom stereocenters. The summed E-state index contributed by atoms with van der Waals surface area (Å²) in [4.78, 5) is 12.3.